The highest BCUT2D eigenvalue weighted by atomic mass is 79.9. The van der Waals surface area contributed by atoms with Gasteiger partial charge in [0.15, 0.2) is 16.1 Å². The Kier molecular flexibility index (Phi) is 8.50. The second-order valence-electron chi connectivity index (χ2n) is 8.93. The molecule has 0 radical (unpaired) electrons. The van der Waals surface area contributed by atoms with Gasteiger partial charge in [-0.15, -0.1) is 0 Å². The molecule has 0 aliphatic carbocycles. The second kappa shape index (κ2) is 11.4. The summed E-state index contributed by atoms with van der Waals surface area (Å²) in [5.41, 5.74) is -0.202. The fourth-order valence-corrected chi connectivity index (χ4v) is 5.77. The second-order valence-corrected chi connectivity index (χ2v) is 11.4. The minimum absolute atomic E-state index is 0.228. The van der Waals surface area contributed by atoms with Crippen LogP contribution < -0.4 is 11.2 Å². The van der Waals surface area contributed by atoms with Crippen LogP contribution in [0.3, 0.4) is 0 Å². The summed E-state index contributed by atoms with van der Waals surface area (Å²) in [6, 6.07) is 7.63. The number of hydrogen-bond acceptors (Lipinski definition) is 7. The van der Waals surface area contributed by atoms with Gasteiger partial charge in [0, 0.05) is 64.3 Å². The zero-order valence-corrected chi connectivity index (χ0v) is 22.4. The highest BCUT2D eigenvalue weighted by Crippen LogP contribution is 2.17. The number of hydrogen-bond donors (Lipinski definition) is 1. The van der Waals surface area contributed by atoms with Gasteiger partial charge in [-0.3, -0.25) is 18.8 Å². The van der Waals surface area contributed by atoms with Crippen molar-refractivity contribution < 1.29 is 9.66 Å². The molecule has 35 heavy (non-hydrogen) atoms. The highest BCUT2D eigenvalue weighted by Gasteiger charge is 2.21. The first-order chi connectivity index (χ1) is 16.7. The number of aliphatic hydroxyl groups excluding tert-OH is 1. The molecule has 12 heteroatoms. The molecule has 2 aromatic heterocycles. The van der Waals surface area contributed by atoms with E-state index in [9.17, 15) is 19.2 Å². The smallest absolute Gasteiger partial charge is 0.332 e. The van der Waals surface area contributed by atoms with Gasteiger partial charge in [-0.2, -0.15) is 0 Å². The van der Waals surface area contributed by atoms with Crippen LogP contribution in [0.4, 0.5) is 0 Å². The number of benzene rings is 1. The maximum Gasteiger partial charge on any atom is 0.332 e. The maximum absolute atomic E-state index is 12.6. The van der Waals surface area contributed by atoms with Crippen molar-refractivity contribution in [3.63, 3.8) is 0 Å². The zero-order chi connectivity index (χ0) is 25.1. The van der Waals surface area contributed by atoms with Crippen LogP contribution in [0.25, 0.3) is 11.2 Å². The molecular weight excluding hydrogens is 536 g/mol. The lowest BCUT2D eigenvalue weighted by atomic mass is 10.2. The molecule has 3 heterocycles. The van der Waals surface area contributed by atoms with Crippen molar-refractivity contribution in [2.45, 2.75) is 24.0 Å². The van der Waals surface area contributed by atoms with Gasteiger partial charge in [-0.1, -0.05) is 15.9 Å². The average molecular weight is 568 g/mol. The molecule has 1 fully saturated rings. The Balaban J connectivity index is 1.23. The van der Waals surface area contributed by atoms with Crippen LogP contribution in [0.1, 0.15) is 6.42 Å². The Morgan fingerprint density at radius 1 is 1.06 bits per heavy atom. The van der Waals surface area contributed by atoms with Crippen molar-refractivity contribution in [2.75, 3.05) is 45.0 Å². The third-order valence-corrected chi connectivity index (χ3v) is 8.43. The predicted octanol–water partition coefficient (Wildman–Crippen LogP) is 0.373. The van der Waals surface area contributed by atoms with E-state index in [2.05, 4.69) is 30.7 Å². The maximum atomic E-state index is 12.6. The number of imidazole rings is 1. The SMILES string of the molecule is Cn1c(=O)c2c(ncn2CC(O)CN2CCN(CCC[S+]([O-])c3ccc(Br)cc3)CC2)n(C)c1=O. The first kappa shape index (κ1) is 26.1. The van der Waals surface area contributed by atoms with Gasteiger partial charge < -0.3 is 19.1 Å². The monoisotopic (exact) mass is 566 g/mol. The first-order valence-corrected chi connectivity index (χ1v) is 13.7. The van der Waals surface area contributed by atoms with Gasteiger partial charge in [0.05, 0.1) is 19.0 Å². The van der Waals surface area contributed by atoms with E-state index in [0.717, 1.165) is 53.1 Å². The van der Waals surface area contributed by atoms with Gasteiger partial charge in [0.25, 0.3) is 5.56 Å². The molecule has 1 aromatic carbocycles. The quantitative estimate of drug-likeness (QED) is 0.372. The van der Waals surface area contributed by atoms with E-state index in [-0.39, 0.29) is 6.54 Å². The number of aliphatic hydroxyl groups is 1. The summed E-state index contributed by atoms with van der Waals surface area (Å²) in [5, 5.41) is 10.7. The Hall–Kier alpha value is -1.96. The summed E-state index contributed by atoms with van der Waals surface area (Å²) in [6.07, 6.45) is 1.70. The summed E-state index contributed by atoms with van der Waals surface area (Å²) >= 11 is 2.42. The lowest BCUT2D eigenvalue weighted by Gasteiger charge is -2.35. The van der Waals surface area contributed by atoms with Gasteiger partial charge in [-0.25, -0.2) is 9.78 Å². The molecule has 0 bridgehead atoms. The van der Waals surface area contributed by atoms with E-state index in [1.807, 2.05) is 24.3 Å². The van der Waals surface area contributed by atoms with Crippen molar-refractivity contribution in [1.82, 2.24) is 28.5 Å². The topological polar surface area (TPSA) is 112 Å². The number of aryl methyl sites for hydroxylation is 1. The minimum Gasteiger partial charge on any atom is -0.611 e. The van der Waals surface area contributed by atoms with Crippen LogP contribution in [0.15, 0.2) is 49.6 Å². The number of piperazine rings is 1. The van der Waals surface area contributed by atoms with E-state index >= 15 is 0 Å². The van der Waals surface area contributed by atoms with E-state index in [1.54, 1.807) is 11.6 Å². The zero-order valence-electron chi connectivity index (χ0n) is 20.0. The normalized spacial score (nSPS) is 17.2. The summed E-state index contributed by atoms with van der Waals surface area (Å²) in [7, 11) is 3.02. The van der Waals surface area contributed by atoms with Crippen molar-refractivity contribution in [1.29, 1.82) is 0 Å². The predicted molar refractivity (Wildman–Crippen MR) is 139 cm³/mol. The number of halogens is 1. The Labute approximate surface area is 215 Å². The standard InChI is InChI=1S/C23H31BrN6O4S/c1-26-21-20(22(32)27(2)23(26)33)30(16-25-21)15-18(31)14-29-11-9-28(10-12-29)8-3-13-35(34)19-6-4-17(24)5-7-19/h4-7,16,18,31H,3,8-15H2,1-2H3. The molecular formula is C23H31BrN6O4S. The molecule has 1 aliphatic rings. The lowest BCUT2D eigenvalue weighted by molar-refractivity contribution is 0.0650. The molecule has 10 nitrogen and oxygen atoms in total. The number of fused-ring (bicyclic) bond motifs is 1. The average Bonchev–Trinajstić information content (AvgIpc) is 3.26. The molecule has 2 atom stereocenters. The molecule has 0 spiro atoms. The highest BCUT2D eigenvalue weighted by molar-refractivity contribution is 9.10. The third-order valence-electron chi connectivity index (χ3n) is 6.44. The third kappa shape index (κ3) is 6.07. The molecule has 0 saturated carbocycles. The number of aromatic nitrogens is 4. The van der Waals surface area contributed by atoms with E-state index in [1.165, 1.54) is 17.9 Å². The van der Waals surface area contributed by atoms with Crippen molar-refractivity contribution in [3.05, 3.63) is 55.9 Å². The van der Waals surface area contributed by atoms with Crippen molar-refractivity contribution in [3.8, 4) is 0 Å². The fourth-order valence-electron chi connectivity index (χ4n) is 4.44. The first-order valence-electron chi connectivity index (χ1n) is 11.6. The Bertz CT molecular complexity index is 1270. The minimum atomic E-state index is -0.984. The molecule has 190 valence electrons. The molecule has 1 saturated heterocycles. The Morgan fingerprint density at radius 3 is 2.40 bits per heavy atom. The van der Waals surface area contributed by atoms with Crippen LogP contribution >= 0.6 is 15.9 Å². The summed E-state index contributed by atoms with van der Waals surface area (Å²) < 4.78 is 17.5. The largest absolute Gasteiger partial charge is 0.611 e. The van der Waals surface area contributed by atoms with Crippen molar-refractivity contribution in [2.24, 2.45) is 14.1 Å². The van der Waals surface area contributed by atoms with Gasteiger partial charge in [0.1, 0.15) is 5.75 Å². The summed E-state index contributed by atoms with van der Waals surface area (Å²) in [5.74, 6) is 0.643. The number of β-amino-alcohol motifs (C(OH)–C–C–N with tert-alkyl or cyclic N) is 1. The molecule has 3 aromatic rings. The van der Waals surface area contributed by atoms with E-state index in [0.29, 0.717) is 23.5 Å². The van der Waals surface area contributed by atoms with Crippen LogP contribution in [0, 0.1) is 0 Å². The molecule has 4 rings (SSSR count). The summed E-state index contributed by atoms with van der Waals surface area (Å²) in [6.45, 7) is 5.10. The lowest BCUT2D eigenvalue weighted by Crippen LogP contribution is -2.49. The van der Waals surface area contributed by atoms with Crippen LogP contribution in [0.5, 0.6) is 0 Å². The molecule has 2 unspecified atom stereocenters. The molecule has 1 N–H and O–H groups in total. The van der Waals surface area contributed by atoms with E-state index < -0.39 is 28.5 Å². The van der Waals surface area contributed by atoms with Crippen LogP contribution in [0.2, 0.25) is 0 Å². The number of rotatable bonds is 9. The van der Waals surface area contributed by atoms with Gasteiger partial charge in [-0.05, 0) is 35.4 Å². The Morgan fingerprint density at radius 2 is 1.71 bits per heavy atom. The van der Waals surface area contributed by atoms with Gasteiger partial charge in [0.2, 0.25) is 0 Å². The van der Waals surface area contributed by atoms with Crippen molar-refractivity contribution >= 4 is 38.3 Å². The summed E-state index contributed by atoms with van der Waals surface area (Å²) in [4.78, 5) is 34.3. The van der Waals surface area contributed by atoms with Crippen LogP contribution in [-0.4, -0.2) is 89.3 Å². The fraction of sp³-hybridized carbons (Fsp3) is 0.522. The molecule has 1 aliphatic heterocycles. The number of nitrogens with zero attached hydrogens (tertiary/aromatic N) is 6. The van der Waals surface area contributed by atoms with Gasteiger partial charge >= 0.3 is 5.69 Å². The molecule has 0 amide bonds. The van der Waals surface area contributed by atoms with E-state index in [4.69, 9.17) is 0 Å². The van der Waals surface area contributed by atoms with Crippen LogP contribution in [-0.2, 0) is 31.8 Å².